The van der Waals surface area contributed by atoms with Crippen LogP contribution < -0.4 is 0 Å². The topological polar surface area (TPSA) is 26.3 Å². The average Bonchev–Trinajstić information content (AvgIpc) is 1.68. The molecular weight excluding hydrogens is 1760 g/mol. The molecule has 0 fully saturated rings. The maximum absolute atomic E-state index is 6.61. The van der Waals surface area contributed by atoms with E-state index >= 15 is 0 Å². The van der Waals surface area contributed by atoms with Crippen LogP contribution in [0.15, 0.2) is 470 Å². The molecule has 0 saturated heterocycles. The Bertz CT molecular complexity index is 10200. The minimum atomic E-state index is -0.129. The van der Waals surface area contributed by atoms with E-state index in [4.69, 9.17) is 8.83 Å². The van der Waals surface area contributed by atoms with Crippen molar-refractivity contribution >= 4 is 172 Å². The van der Waals surface area contributed by atoms with Crippen LogP contribution in [0.2, 0.25) is 0 Å². The molecule has 25 aromatic carbocycles. The van der Waals surface area contributed by atoms with Crippen molar-refractivity contribution in [3.63, 3.8) is 0 Å². The lowest BCUT2D eigenvalue weighted by molar-refractivity contribution is 0.666. The Morgan fingerprint density at radius 3 is 0.819 bits per heavy atom. The van der Waals surface area contributed by atoms with Crippen molar-refractivity contribution in [2.45, 2.75) is 57.8 Å². The zero-order valence-corrected chi connectivity index (χ0v) is 81.4. The molecule has 2 nitrogen and oxygen atoms in total. The van der Waals surface area contributed by atoms with Crippen LogP contribution in [0.1, 0.15) is 74.9 Å². The van der Waals surface area contributed by atoms with Gasteiger partial charge < -0.3 is 8.83 Å². The van der Waals surface area contributed by atoms with Crippen molar-refractivity contribution in [1.29, 1.82) is 0 Å². The summed E-state index contributed by atoms with van der Waals surface area (Å²) in [6, 6.07) is 170. The summed E-state index contributed by atoms with van der Waals surface area (Å²) in [5.41, 5.74) is 37.4. The number of hydrogen-bond acceptors (Lipinski definition) is 3. The van der Waals surface area contributed by atoms with E-state index in [-0.39, 0.29) is 16.2 Å². The van der Waals surface area contributed by atoms with E-state index in [9.17, 15) is 0 Å². The van der Waals surface area contributed by atoms with Crippen LogP contribution in [0.5, 0.6) is 0 Å². The molecule has 0 aliphatic heterocycles. The quantitative estimate of drug-likeness (QED) is 0.149. The Hall–Kier alpha value is -17.3. The van der Waals surface area contributed by atoms with Crippen molar-refractivity contribution in [3.05, 3.63) is 494 Å². The Balaban J connectivity index is 0.000000103. The van der Waals surface area contributed by atoms with Crippen LogP contribution >= 0.6 is 11.3 Å². The molecule has 3 heterocycles. The summed E-state index contributed by atoms with van der Waals surface area (Å²) >= 11 is 1.88. The van der Waals surface area contributed by atoms with Crippen molar-refractivity contribution in [1.82, 2.24) is 0 Å². The molecule has 3 aliphatic rings. The van der Waals surface area contributed by atoms with E-state index in [0.29, 0.717) is 0 Å². The SMILES string of the molecule is CC1(C)c2cccc(-c3c4ccccc4c(-c4ccc5sc6ccccc6c5c4)c4ccccc34)c2-c2ccc3ccccc3c21.CC1(C)c2cccc(-c3c4ccccc4c(-c4cccc(-c5cccc6c5oc5ccccc56)c4)c4ccccc34)c2-c2ccc3ccccc3c21.CC1(C)c2cccc(-c3c4ccccc4c(-c4cccc5c4oc4ccccc45)c4ccccc34)c2-c2ccc3ccccc3c21. The predicted molar refractivity (Wildman–Crippen MR) is 615 cm³/mol. The first-order chi connectivity index (χ1) is 70.8. The Kier molecular flexibility index (Phi) is 18.5. The molecular formula is C141H94O2S. The second-order valence-corrected chi connectivity index (χ2v) is 42.2. The summed E-state index contributed by atoms with van der Waals surface area (Å²) in [4.78, 5) is 0. The monoisotopic (exact) mass is 1850 g/mol. The summed E-state index contributed by atoms with van der Waals surface area (Å²) < 4.78 is 15.8. The third-order valence-electron chi connectivity index (χ3n) is 32.5. The lowest BCUT2D eigenvalue weighted by Crippen LogP contribution is -2.15. The molecule has 676 valence electrons. The van der Waals surface area contributed by atoms with Gasteiger partial charge in [-0.3, -0.25) is 0 Å². The normalized spacial score (nSPS) is 13.5. The molecule has 3 heteroatoms. The highest BCUT2D eigenvalue weighted by molar-refractivity contribution is 7.25. The van der Waals surface area contributed by atoms with Gasteiger partial charge in [0.15, 0.2) is 0 Å². The van der Waals surface area contributed by atoms with Gasteiger partial charge in [-0.2, -0.15) is 0 Å². The third kappa shape index (κ3) is 12.2. The maximum Gasteiger partial charge on any atom is 0.143 e. The van der Waals surface area contributed by atoms with Gasteiger partial charge >= 0.3 is 0 Å². The Morgan fingerprint density at radius 2 is 0.431 bits per heavy atom. The van der Waals surface area contributed by atoms with Crippen molar-refractivity contribution in [3.8, 4) is 111 Å². The smallest absolute Gasteiger partial charge is 0.143 e. The first-order valence-electron chi connectivity index (χ1n) is 50.4. The van der Waals surface area contributed by atoms with Gasteiger partial charge in [0.25, 0.3) is 0 Å². The van der Waals surface area contributed by atoms with Crippen LogP contribution in [0, 0.1) is 0 Å². The van der Waals surface area contributed by atoms with Gasteiger partial charge in [-0.15, -0.1) is 11.3 Å². The van der Waals surface area contributed by atoms with Gasteiger partial charge in [0.2, 0.25) is 0 Å². The number of para-hydroxylation sites is 4. The lowest BCUT2D eigenvalue weighted by Gasteiger charge is -2.23. The number of benzene rings is 25. The Morgan fingerprint density at radius 1 is 0.160 bits per heavy atom. The second kappa shape index (κ2) is 31.8. The van der Waals surface area contributed by atoms with E-state index in [0.717, 1.165) is 60.6 Å². The Labute approximate surface area is 838 Å². The third-order valence-corrected chi connectivity index (χ3v) is 33.6. The van der Waals surface area contributed by atoms with E-state index in [1.165, 1.54) is 245 Å². The van der Waals surface area contributed by atoms with Crippen LogP contribution in [0.25, 0.3) is 272 Å². The first kappa shape index (κ1) is 83.6. The summed E-state index contributed by atoms with van der Waals surface area (Å²) in [5, 5.41) is 30.4. The second-order valence-electron chi connectivity index (χ2n) is 41.2. The van der Waals surface area contributed by atoms with E-state index in [1.807, 2.05) is 23.5 Å². The number of furan rings is 2. The van der Waals surface area contributed by atoms with E-state index < -0.39 is 0 Å². The van der Waals surface area contributed by atoms with Crippen LogP contribution in [-0.2, 0) is 16.2 Å². The molecule has 0 atom stereocenters. The highest BCUT2D eigenvalue weighted by atomic mass is 32.1. The average molecular weight is 1850 g/mol. The van der Waals surface area contributed by atoms with Gasteiger partial charge in [0.05, 0.1) is 0 Å². The number of rotatable bonds is 7. The molecule has 0 amide bonds. The van der Waals surface area contributed by atoms with E-state index in [1.54, 1.807) is 0 Å². The van der Waals surface area contributed by atoms with Gasteiger partial charge in [0.1, 0.15) is 22.3 Å². The molecule has 31 rings (SSSR count). The standard InChI is InChI=1S/C51H34O.C45H30O.C45H30S/c1-51(2)44-26-13-25-42(48(44)43-29-28-31-14-3-4-17-34(31)49(43)51)47-39-21-7-5-19-37(39)46(38-20-6-8-22-40(38)47)33-16-11-15-32(30-33)35-23-12-24-41-36-18-9-10-27-45(36)52-50(35)41;1-45(2)38-23-12-21-35(42(38)36-26-25-27-13-3-4-14-28(27)43(36)45)40-30-16-5-7-18-32(30)41(33-19-8-6-17-31(33)40)37-22-11-20-34-29-15-9-10-24-39(29)46-44(34)37;1-45(2)38-20-11-19-35(43(38)36-24-22-27-12-3-4-13-29(27)44(36)45)42-33-17-7-5-15-31(33)41(32-16-6-8-18-34(32)42)28-23-25-40-37(26-28)30-14-9-10-21-39(30)46-40/h3-30H,1-2H3;2*3-26H,1-2H3. The summed E-state index contributed by atoms with van der Waals surface area (Å²) in [5.74, 6) is 0. The number of fused-ring (bicyclic) bond motifs is 30. The summed E-state index contributed by atoms with van der Waals surface area (Å²) in [6.45, 7) is 14.4. The lowest BCUT2D eigenvalue weighted by atomic mass is 9.79. The fourth-order valence-electron chi connectivity index (χ4n) is 26.4. The fraction of sp³-hybridized carbons (Fsp3) is 0.0638. The predicted octanol–water partition coefficient (Wildman–Crippen LogP) is 40.2. The molecule has 3 aliphatic carbocycles. The molecule has 0 spiro atoms. The molecule has 3 aromatic heterocycles. The van der Waals surface area contributed by atoms with Gasteiger partial charge in [-0.1, -0.05) is 466 Å². The summed E-state index contributed by atoms with van der Waals surface area (Å²) in [6.07, 6.45) is 0. The van der Waals surface area contributed by atoms with Gasteiger partial charge in [-0.05, 0) is 261 Å². The minimum absolute atomic E-state index is 0.105. The van der Waals surface area contributed by atoms with Crippen LogP contribution in [0.4, 0.5) is 0 Å². The zero-order chi connectivity index (χ0) is 95.7. The summed E-state index contributed by atoms with van der Waals surface area (Å²) in [7, 11) is 0. The van der Waals surface area contributed by atoms with Crippen molar-refractivity contribution in [2.75, 3.05) is 0 Å². The molecule has 0 bridgehead atoms. The van der Waals surface area contributed by atoms with E-state index in [2.05, 4.69) is 490 Å². The molecule has 0 unspecified atom stereocenters. The highest BCUT2D eigenvalue weighted by Crippen LogP contribution is 2.62. The maximum atomic E-state index is 6.61. The van der Waals surface area contributed by atoms with Crippen LogP contribution in [0.3, 0.4) is 0 Å². The van der Waals surface area contributed by atoms with Crippen molar-refractivity contribution < 1.29 is 8.83 Å². The largest absolute Gasteiger partial charge is 0.455 e. The minimum Gasteiger partial charge on any atom is -0.455 e. The molecule has 0 N–H and O–H groups in total. The highest BCUT2D eigenvalue weighted by Gasteiger charge is 2.43. The fourth-order valence-corrected chi connectivity index (χ4v) is 27.5. The number of hydrogen-bond donors (Lipinski definition) is 0. The van der Waals surface area contributed by atoms with Gasteiger partial charge in [0, 0.05) is 74.7 Å². The van der Waals surface area contributed by atoms with Crippen LogP contribution in [-0.4, -0.2) is 0 Å². The first-order valence-corrected chi connectivity index (χ1v) is 51.2. The zero-order valence-electron chi connectivity index (χ0n) is 80.6. The molecule has 144 heavy (non-hydrogen) atoms. The molecule has 0 radical (unpaired) electrons. The molecule has 28 aromatic rings. The number of thiophene rings is 1. The molecule has 0 saturated carbocycles. The van der Waals surface area contributed by atoms with Crippen molar-refractivity contribution in [2.24, 2.45) is 0 Å². The van der Waals surface area contributed by atoms with Gasteiger partial charge in [-0.25, -0.2) is 0 Å².